The van der Waals surface area contributed by atoms with E-state index in [0.29, 0.717) is 24.3 Å². The highest BCUT2D eigenvalue weighted by atomic mass is 32.1. The number of carboxylic acid groups (broad SMARTS) is 1. The summed E-state index contributed by atoms with van der Waals surface area (Å²) in [5, 5.41) is 11.0. The maximum Gasteiger partial charge on any atom is 0.303 e. The third-order valence-corrected chi connectivity index (χ3v) is 4.58. The van der Waals surface area contributed by atoms with Crippen LogP contribution in [0.25, 0.3) is 0 Å². The highest BCUT2D eigenvalue weighted by Crippen LogP contribution is 2.35. The average molecular weight is 267 g/mol. The van der Waals surface area contributed by atoms with Crippen molar-refractivity contribution in [2.45, 2.75) is 32.7 Å². The van der Waals surface area contributed by atoms with Crippen LogP contribution in [0.2, 0.25) is 0 Å². The minimum absolute atomic E-state index is 0.311. The Labute approximate surface area is 112 Å². The summed E-state index contributed by atoms with van der Waals surface area (Å²) >= 11 is 1.80. The van der Waals surface area contributed by atoms with Crippen LogP contribution in [0.1, 0.15) is 37.6 Å². The maximum absolute atomic E-state index is 10.8. The van der Waals surface area contributed by atoms with E-state index < -0.39 is 5.97 Å². The Hall–Kier alpha value is -0.870. The van der Waals surface area contributed by atoms with E-state index in [1.54, 1.807) is 11.3 Å². The number of rotatable bonds is 5. The van der Waals surface area contributed by atoms with Crippen molar-refractivity contribution in [2.75, 3.05) is 13.1 Å². The monoisotopic (exact) mass is 267 g/mol. The Morgan fingerprint density at radius 3 is 2.94 bits per heavy atom. The number of carboxylic acids is 1. The van der Waals surface area contributed by atoms with Gasteiger partial charge in [-0.15, -0.1) is 11.3 Å². The fourth-order valence-electron chi connectivity index (χ4n) is 2.92. The van der Waals surface area contributed by atoms with Crippen molar-refractivity contribution in [3.63, 3.8) is 0 Å². The number of thiophene rings is 1. The molecule has 0 amide bonds. The largest absolute Gasteiger partial charge is 0.481 e. The number of hydrogen-bond acceptors (Lipinski definition) is 3. The second-order valence-corrected chi connectivity index (χ2v) is 6.43. The second kappa shape index (κ2) is 5.85. The van der Waals surface area contributed by atoms with Crippen molar-refractivity contribution in [2.24, 2.45) is 11.8 Å². The zero-order valence-electron chi connectivity index (χ0n) is 11.0. The third kappa shape index (κ3) is 3.12. The predicted octanol–water partition coefficient (Wildman–Crippen LogP) is 3.24. The van der Waals surface area contributed by atoms with Crippen LogP contribution in [-0.4, -0.2) is 29.1 Å². The fraction of sp³-hybridized carbons (Fsp3) is 0.643. The lowest BCUT2D eigenvalue weighted by Crippen LogP contribution is -2.29. The molecule has 2 rings (SSSR count). The highest BCUT2D eigenvalue weighted by Gasteiger charge is 2.32. The molecule has 1 saturated heterocycles. The first kappa shape index (κ1) is 13.6. The van der Waals surface area contributed by atoms with Gasteiger partial charge in [-0.3, -0.25) is 9.69 Å². The first-order valence-electron chi connectivity index (χ1n) is 6.57. The summed E-state index contributed by atoms with van der Waals surface area (Å²) in [6.07, 6.45) is 1.33. The van der Waals surface area contributed by atoms with E-state index in [4.69, 9.17) is 5.11 Å². The van der Waals surface area contributed by atoms with Gasteiger partial charge in [-0.1, -0.05) is 19.9 Å². The SMILES string of the molecule is CC(C)C(c1cccs1)N1CCC(CC(=O)O)C1. The van der Waals surface area contributed by atoms with E-state index in [1.807, 2.05) is 0 Å². The summed E-state index contributed by atoms with van der Waals surface area (Å²) in [7, 11) is 0. The molecule has 1 aromatic rings. The molecule has 18 heavy (non-hydrogen) atoms. The first-order chi connectivity index (χ1) is 8.58. The lowest BCUT2D eigenvalue weighted by molar-refractivity contribution is -0.138. The molecular weight excluding hydrogens is 246 g/mol. The van der Waals surface area contributed by atoms with Gasteiger partial charge in [0.1, 0.15) is 0 Å². The number of hydrogen-bond donors (Lipinski definition) is 1. The zero-order chi connectivity index (χ0) is 13.1. The lowest BCUT2D eigenvalue weighted by atomic mass is 10.0. The molecule has 4 heteroatoms. The molecule has 100 valence electrons. The van der Waals surface area contributed by atoms with E-state index in [2.05, 4.69) is 36.3 Å². The molecule has 2 unspecified atom stereocenters. The second-order valence-electron chi connectivity index (χ2n) is 5.45. The Kier molecular flexibility index (Phi) is 4.40. The van der Waals surface area contributed by atoms with Crippen LogP contribution < -0.4 is 0 Å². The molecule has 0 spiro atoms. The van der Waals surface area contributed by atoms with Crippen LogP contribution in [0.3, 0.4) is 0 Å². The van der Waals surface area contributed by atoms with Crippen molar-refractivity contribution < 1.29 is 9.90 Å². The van der Waals surface area contributed by atoms with Gasteiger partial charge in [-0.2, -0.15) is 0 Å². The van der Waals surface area contributed by atoms with Gasteiger partial charge in [0.15, 0.2) is 0 Å². The summed E-state index contributed by atoms with van der Waals surface area (Å²) in [5.41, 5.74) is 0. The van der Waals surface area contributed by atoms with Crippen molar-refractivity contribution >= 4 is 17.3 Å². The molecule has 1 N–H and O–H groups in total. The molecule has 0 aliphatic carbocycles. The minimum atomic E-state index is -0.668. The van der Waals surface area contributed by atoms with Gasteiger partial charge in [0.2, 0.25) is 0 Å². The molecule has 1 fully saturated rings. The lowest BCUT2D eigenvalue weighted by Gasteiger charge is -2.30. The van der Waals surface area contributed by atoms with Crippen LogP contribution in [0, 0.1) is 11.8 Å². The first-order valence-corrected chi connectivity index (χ1v) is 7.45. The standard InChI is InChI=1S/C14H21NO2S/c1-10(2)14(12-4-3-7-18-12)15-6-5-11(9-15)8-13(16)17/h3-4,7,10-11,14H,5-6,8-9H2,1-2H3,(H,16,17). The maximum atomic E-state index is 10.8. The number of likely N-dealkylation sites (tertiary alicyclic amines) is 1. The van der Waals surface area contributed by atoms with Crippen LogP contribution in [0.5, 0.6) is 0 Å². The van der Waals surface area contributed by atoms with Crippen LogP contribution >= 0.6 is 11.3 Å². The topological polar surface area (TPSA) is 40.5 Å². The molecule has 3 nitrogen and oxygen atoms in total. The Morgan fingerprint density at radius 1 is 1.61 bits per heavy atom. The summed E-state index contributed by atoms with van der Waals surface area (Å²) in [6.45, 7) is 6.44. The van der Waals surface area contributed by atoms with Gasteiger partial charge in [-0.05, 0) is 36.2 Å². The quantitative estimate of drug-likeness (QED) is 0.890. The smallest absolute Gasteiger partial charge is 0.303 e. The van der Waals surface area contributed by atoms with Crippen molar-refractivity contribution in [3.8, 4) is 0 Å². The molecule has 1 aliphatic heterocycles. The Bertz CT molecular complexity index is 389. The van der Waals surface area contributed by atoms with Crippen LogP contribution in [-0.2, 0) is 4.79 Å². The number of aliphatic carboxylic acids is 1. The molecular formula is C14H21NO2S. The molecule has 0 saturated carbocycles. The van der Waals surface area contributed by atoms with Crippen LogP contribution in [0.4, 0.5) is 0 Å². The Balaban J connectivity index is 2.03. The highest BCUT2D eigenvalue weighted by molar-refractivity contribution is 7.10. The van der Waals surface area contributed by atoms with Gasteiger partial charge in [0, 0.05) is 23.9 Å². The van der Waals surface area contributed by atoms with E-state index in [9.17, 15) is 4.79 Å². The van der Waals surface area contributed by atoms with Gasteiger partial charge in [0.25, 0.3) is 0 Å². The third-order valence-electron chi connectivity index (χ3n) is 3.64. The minimum Gasteiger partial charge on any atom is -0.481 e. The predicted molar refractivity (Wildman–Crippen MR) is 73.8 cm³/mol. The zero-order valence-corrected chi connectivity index (χ0v) is 11.8. The summed E-state index contributed by atoms with van der Waals surface area (Å²) in [4.78, 5) is 14.6. The fourth-order valence-corrected chi connectivity index (χ4v) is 3.95. The normalized spacial score (nSPS) is 22.5. The number of carbonyl (C=O) groups is 1. The van der Waals surface area contributed by atoms with Gasteiger partial charge in [0.05, 0.1) is 0 Å². The van der Waals surface area contributed by atoms with Crippen molar-refractivity contribution in [3.05, 3.63) is 22.4 Å². The molecule has 1 aromatic heterocycles. The van der Waals surface area contributed by atoms with E-state index in [1.165, 1.54) is 4.88 Å². The molecule has 2 atom stereocenters. The molecule has 1 aliphatic rings. The van der Waals surface area contributed by atoms with Crippen molar-refractivity contribution in [1.82, 2.24) is 4.90 Å². The van der Waals surface area contributed by atoms with Crippen LogP contribution in [0.15, 0.2) is 17.5 Å². The average Bonchev–Trinajstić information content (AvgIpc) is 2.89. The van der Waals surface area contributed by atoms with Crippen molar-refractivity contribution in [1.29, 1.82) is 0 Å². The van der Waals surface area contributed by atoms with Gasteiger partial charge >= 0.3 is 5.97 Å². The Morgan fingerprint density at radius 2 is 2.39 bits per heavy atom. The van der Waals surface area contributed by atoms with E-state index in [0.717, 1.165) is 19.5 Å². The molecule has 0 aromatic carbocycles. The molecule has 2 heterocycles. The van der Waals surface area contributed by atoms with Gasteiger partial charge in [-0.25, -0.2) is 0 Å². The van der Waals surface area contributed by atoms with Gasteiger partial charge < -0.3 is 5.11 Å². The summed E-state index contributed by atoms with van der Waals surface area (Å²) < 4.78 is 0. The molecule has 0 bridgehead atoms. The summed E-state index contributed by atoms with van der Waals surface area (Å²) in [6, 6.07) is 4.74. The molecule has 0 radical (unpaired) electrons. The number of nitrogens with zero attached hydrogens (tertiary/aromatic N) is 1. The summed E-state index contributed by atoms with van der Waals surface area (Å²) in [5.74, 6) is 0.218. The van der Waals surface area contributed by atoms with E-state index in [-0.39, 0.29) is 0 Å². The van der Waals surface area contributed by atoms with E-state index >= 15 is 0 Å².